The number of benzene rings is 1. The number of piperidine rings is 1. The van der Waals surface area contributed by atoms with Crippen LogP contribution in [0.1, 0.15) is 37.9 Å². The van der Waals surface area contributed by atoms with E-state index in [-0.39, 0.29) is 18.4 Å². The van der Waals surface area contributed by atoms with Crippen molar-refractivity contribution < 1.29 is 9.90 Å². The number of fused-ring (bicyclic) bond motifs is 1. The van der Waals surface area contributed by atoms with Gasteiger partial charge in [0.2, 0.25) is 11.9 Å². The highest BCUT2D eigenvalue weighted by molar-refractivity contribution is 5.82. The third kappa shape index (κ3) is 3.96. The SMILES string of the molecule is Cc1ccc2nc(N3CCC(C(=O)NC(C)(C)CO)CC3)nc(C)c2c1. The number of aromatic nitrogens is 2. The molecule has 1 amide bonds. The van der Waals surface area contributed by atoms with Gasteiger partial charge in [0.1, 0.15) is 0 Å². The third-order valence-electron chi connectivity index (χ3n) is 5.04. The molecule has 0 radical (unpaired) electrons. The highest BCUT2D eigenvalue weighted by Crippen LogP contribution is 2.25. The van der Waals surface area contributed by atoms with Crippen LogP contribution in [-0.4, -0.2) is 46.2 Å². The van der Waals surface area contributed by atoms with E-state index in [9.17, 15) is 9.90 Å². The Bertz CT molecular complexity index is 811. The molecule has 6 heteroatoms. The monoisotopic (exact) mass is 356 g/mol. The number of nitrogens with zero attached hydrogens (tertiary/aromatic N) is 3. The van der Waals surface area contributed by atoms with Crippen LogP contribution in [0.3, 0.4) is 0 Å². The molecule has 1 aromatic carbocycles. The van der Waals surface area contributed by atoms with E-state index < -0.39 is 5.54 Å². The van der Waals surface area contributed by atoms with Crippen molar-refractivity contribution in [1.82, 2.24) is 15.3 Å². The van der Waals surface area contributed by atoms with E-state index >= 15 is 0 Å². The summed E-state index contributed by atoms with van der Waals surface area (Å²) in [4.78, 5) is 24.0. The Hall–Kier alpha value is -2.21. The second kappa shape index (κ2) is 7.19. The number of anilines is 1. The van der Waals surface area contributed by atoms with E-state index in [0.717, 1.165) is 48.5 Å². The molecule has 0 unspecified atom stereocenters. The quantitative estimate of drug-likeness (QED) is 0.879. The minimum atomic E-state index is -0.578. The Balaban J connectivity index is 1.69. The number of hydrogen-bond donors (Lipinski definition) is 2. The molecule has 0 spiro atoms. The van der Waals surface area contributed by atoms with Gasteiger partial charge in [-0.15, -0.1) is 0 Å². The average molecular weight is 356 g/mol. The van der Waals surface area contributed by atoms with Gasteiger partial charge in [0.05, 0.1) is 23.4 Å². The third-order valence-corrected chi connectivity index (χ3v) is 5.04. The molecule has 0 bridgehead atoms. The van der Waals surface area contributed by atoms with Crippen molar-refractivity contribution in [2.24, 2.45) is 5.92 Å². The molecule has 2 aromatic rings. The molecule has 0 atom stereocenters. The lowest BCUT2D eigenvalue weighted by molar-refractivity contribution is -0.127. The first kappa shape index (κ1) is 18.6. The fourth-order valence-corrected chi connectivity index (χ4v) is 3.34. The molecule has 26 heavy (non-hydrogen) atoms. The van der Waals surface area contributed by atoms with Crippen molar-refractivity contribution in [3.8, 4) is 0 Å². The minimum Gasteiger partial charge on any atom is -0.394 e. The van der Waals surface area contributed by atoms with E-state index in [0.29, 0.717) is 0 Å². The Morgan fingerprint density at radius 3 is 2.62 bits per heavy atom. The summed E-state index contributed by atoms with van der Waals surface area (Å²) in [6.45, 7) is 9.19. The number of carbonyl (C=O) groups excluding carboxylic acids is 1. The van der Waals surface area contributed by atoms with Gasteiger partial charge in [-0.25, -0.2) is 9.97 Å². The van der Waals surface area contributed by atoms with Gasteiger partial charge in [-0.05, 0) is 52.7 Å². The van der Waals surface area contributed by atoms with Crippen LogP contribution in [0.2, 0.25) is 0 Å². The minimum absolute atomic E-state index is 0.0229. The Kier molecular flexibility index (Phi) is 5.14. The lowest BCUT2D eigenvalue weighted by Crippen LogP contribution is -2.50. The Morgan fingerprint density at radius 1 is 1.27 bits per heavy atom. The molecule has 1 saturated heterocycles. The van der Waals surface area contributed by atoms with Gasteiger partial charge in [-0.2, -0.15) is 0 Å². The molecule has 1 aliphatic rings. The Labute approximate surface area is 154 Å². The van der Waals surface area contributed by atoms with Gasteiger partial charge < -0.3 is 15.3 Å². The average Bonchev–Trinajstić information content (AvgIpc) is 2.62. The van der Waals surface area contributed by atoms with Crippen molar-refractivity contribution >= 4 is 22.8 Å². The van der Waals surface area contributed by atoms with Crippen molar-refractivity contribution in [2.75, 3.05) is 24.6 Å². The number of rotatable bonds is 4. The largest absolute Gasteiger partial charge is 0.394 e. The molecule has 1 aromatic heterocycles. The van der Waals surface area contributed by atoms with Gasteiger partial charge in [0.25, 0.3) is 0 Å². The van der Waals surface area contributed by atoms with Crippen LogP contribution in [-0.2, 0) is 4.79 Å². The summed E-state index contributed by atoms with van der Waals surface area (Å²) >= 11 is 0. The standard InChI is InChI=1S/C20H28N4O2/c1-13-5-6-17-16(11-13)14(2)21-19(22-17)24-9-7-15(8-10-24)18(26)23-20(3,4)12-25/h5-6,11,15,25H,7-10,12H2,1-4H3,(H,23,26). The van der Waals surface area contributed by atoms with Crippen molar-refractivity contribution in [2.45, 2.75) is 46.1 Å². The van der Waals surface area contributed by atoms with Gasteiger partial charge in [0.15, 0.2) is 0 Å². The summed E-state index contributed by atoms with van der Waals surface area (Å²) < 4.78 is 0. The smallest absolute Gasteiger partial charge is 0.226 e. The number of aliphatic hydroxyl groups excluding tert-OH is 1. The summed E-state index contributed by atoms with van der Waals surface area (Å²) in [5, 5.41) is 13.3. The van der Waals surface area contributed by atoms with Crippen LogP contribution in [0, 0.1) is 19.8 Å². The number of amides is 1. The predicted octanol–water partition coefficient (Wildman–Crippen LogP) is 2.35. The highest BCUT2D eigenvalue weighted by atomic mass is 16.3. The maximum absolute atomic E-state index is 12.4. The summed E-state index contributed by atoms with van der Waals surface area (Å²) in [5.41, 5.74) is 2.57. The van der Waals surface area contributed by atoms with Crippen molar-refractivity contribution in [3.63, 3.8) is 0 Å². The van der Waals surface area contributed by atoms with Crippen LogP contribution in [0.15, 0.2) is 18.2 Å². The molecular weight excluding hydrogens is 328 g/mol. The predicted molar refractivity (Wildman–Crippen MR) is 103 cm³/mol. The van der Waals surface area contributed by atoms with Gasteiger partial charge in [-0.3, -0.25) is 4.79 Å². The van der Waals surface area contributed by atoms with E-state index in [2.05, 4.69) is 34.3 Å². The first-order chi connectivity index (χ1) is 12.3. The molecule has 6 nitrogen and oxygen atoms in total. The zero-order valence-corrected chi connectivity index (χ0v) is 16.0. The first-order valence-electron chi connectivity index (χ1n) is 9.22. The highest BCUT2D eigenvalue weighted by Gasteiger charge is 2.29. The molecule has 2 N–H and O–H groups in total. The molecule has 3 rings (SSSR count). The van der Waals surface area contributed by atoms with Crippen LogP contribution in [0.5, 0.6) is 0 Å². The number of hydrogen-bond acceptors (Lipinski definition) is 5. The summed E-state index contributed by atoms with van der Waals surface area (Å²) in [6.07, 6.45) is 1.53. The maximum Gasteiger partial charge on any atom is 0.226 e. The fourth-order valence-electron chi connectivity index (χ4n) is 3.34. The molecule has 1 aliphatic heterocycles. The van der Waals surface area contributed by atoms with Crippen molar-refractivity contribution in [1.29, 1.82) is 0 Å². The number of carbonyl (C=O) groups is 1. The zero-order valence-electron chi connectivity index (χ0n) is 16.0. The number of aryl methyl sites for hydroxylation is 2. The second-order valence-electron chi connectivity index (χ2n) is 7.92. The first-order valence-corrected chi connectivity index (χ1v) is 9.22. The topological polar surface area (TPSA) is 78.4 Å². The van der Waals surface area contributed by atoms with Crippen LogP contribution >= 0.6 is 0 Å². The van der Waals surface area contributed by atoms with Crippen LogP contribution in [0.4, 0.5) is 5.95 Å². The normalized spacial score (nSPS) is 16.1. The summed E-state index contributed by atoms with van der Waals surface area (Å²) in [5.74, 6) is 0.740. The van der Waals surface area contributed by atoms with Gasteiger partial charge >= 0.3 is 0 Å². The van der Waals surface area contributed by atoms with Crippen molar-refractivity contribution in [3.05, 3.63) is 29.5 Å². The number of nitrogens with one attached hydrogen (secondary N) is 1. The van der Waals surface area contributed by atoms with E-state index in [1.165, 1.54) is 5.56 Å². The number of aliphatic hydroxyl groups is 1. The molecular formula is C20H28N4O2. The lowest BCUT2D eigenvalue weighted by atomic mass is 9.94. The van der Waals surface area contributed by atoms with Crippen LogP contribution < -0.4 is 10.2 Å². The fraction of sp³-hybridized carbons (Fsp3) is 0.550. The van der Waals surface area contributed by atoms with Gasteiger partial charge in [0, 0.05) is 24.4 Å². The van der Waals surface area contributed by atoms with Gasteiger partial charge in [-0.1, -0.05) is 11.6 Å². The molecule has 1 fully saturated rings. The Morgan fingerprint density at radius 2 is 1.96 bits per heavy atom. The molecule has 0 saturated carbocycles. The molecule has 2 heterocycles. The van der Waals surface area contributed by atoms with E-state index in [4.69, 9.17) is 4.98 Å². The zero-order chi connectivity index (χ0) is 18.9. The lowest BCUT2D eigenvalue weighted by Gasteiger charge is -2.33. The summed E-state index contributed by atoms with van der Waals surface area (Å²) in [6, 6.07) is 6.23. The maximum atomic E-state index is 12.4. The summed E-state index contributed by atoms with van der Waals surface area (Å²) in [7, 11) is 0. The molecule has 140 valence electrons. The molecule has 0 aliphatic carbocycles. The second-order valence-corrected chi connectivity index (χ2v) is 7.92. The van der Waals surface area contributed by atoms with E-state index in [1.54, 1.807) is 0 Å². The van der Waals surface area contributed by atoms with E-state index in [1.807, 2.05) is 26.8 Å². The van der Waals surface area contributed by atoms with Crippen LogP contribution in [0.25, 0.3) is 10.9 Å².